The fourth-order valence-electron chi connectivity index (χ4n) is 2.99. The number of carboxylic acids is 1. The van der Waals surface area contributed by atoms with Crippen LogP contribution in [0.3, 0.4) is 0 Å². The summed E-state index contributed by atoms with van der Waals surface area (Å²) in [5.41, 5.74) is 0.652. The summed E-state index contributed by atoms with van der Waals surface area (Å²) in [6.45, 7) is 3.35. The average Bonchev–Trinajstić information content (AvgIpc) is 2.82. The fraction of sp³-hybridized carbons (Fsp3) is 0.211. The lowest BCUT2D eigenvalue weighted by Crippen LogP contribution is -2.56. The van der Waals surface area contributed by atoms with E-state index >= 15 is 0 Å². The van der Waals surface area contributed by atoms with E-state index in [9.17, 15) is 19.5 Å². The number of fused-ring (bicyclic) bond motifs is 1. The molecule has 24 heavy (non-hydrogen) atoms. The molecule has 122 valence electrons. The van der Waals surface area contributed by atoms with E-state index in [1.165, 1.54) is 6.92 Å². The predicted octanol–water partition coefficient (Wildman–Crippen LogP) is 2.68. The fourth-order valence-corrected chi connectivity index (χ4v) is 2.99. The van der Waals surface area contributed by atoms with E-state index in [0.717, 1.165) is 16.0 Å². The minimum absolute atomic E-state index is 0.0497. The number of nitrogens with zero attached hydrogens (tertiary/aromatic N) is 1. The van der Waals surface area contributed by atoms with E-state index in [1.807, 2.05) is 31.2 Å². The number of hydrogen-bond donors (Lipinski definition) is 1. The Kier molecular flexibility index (Phi) is 3.72. The molecule has 1 heterocycles. The van der Waals surface area contributed by atoms with Crippen LogP contribution in [0.1, 0.15) is 38.8 Å². The van der Waals surface area contributed by atoms with Gasteiger partial charge in [-0.15, -0.1) is 0 Å². The summed E-state index contributed by atoms with van der Waals surface area (Å²) < 4.78 is 0. The Morgan fingerprint density at radius 3 is 1.96 bits per heavy atom. The van der Waals surface area contributed by atoms with Gasteiger partial charge >= 0.3 is 5.97 Å². The summed E-state index contributed by atoms with van der Waals surface area (Å²) in [4.78, 5) is 38.1. The molecular formula is C19H17NO4. The van der Waals surface area contributed by atoms with Crippen LogP contribution < -0.4 is 0 Å². The molecule has 1 unspecified atom stereocenters. The van der Waals surface area contributed by atoms with E-state index in [-0.39, 0.29) is 17.5 Å². The van der Waals surface area contributed by atoms with Crippen molar-refractivity contribution in [1.82, 2.24) is 4.90 Å². The number of carbonyl (C=O) groups excluding carboxylic acids is 2. The van der Waals surface area contributed by atoms with Gasteiger partial charge in [-0.25, -0.2) is 4.79 Å². The second-order valence-corrected chi connectivity index (χ2v) is 6.23. The number of imide groups is 1. The van der Waals surface area contributed by atoms with Crippen LogP contribution in [0.2, 0.25) is 0 Å². The molecule has 0 radical (unpaired) electrons. The summed E-state index contributed by atoms with van der Waals surface area (Å²) >= 11 is 0. The van der Waals surface area contributed by atoms with Crippen LogP contribution in [-0.2, 0) is 11.2 Å². The topological polar surface area (TPSA) is 74.7 Å². The molecule has 1 atom stereocenters. The summed E-state index contributed by atoms with van der Waals surface area (Å²) in [6.07, 6.45) is 0.0497. The van der Waals surface area contributed by atoms with Crippen molar-refractivity contribution in [3.05, 3.63) is 70.8 Å². The van der Waals surface area contributed by atoms with Crippen molar-refractivity contribution in [2.24, 2.45) is 0 Å². The largest absolute Gasteiger partial charge is 0.479 e. The van der Waals surface area contributed by atoms with Crippen LogP contribution in [0.25, 0.3) is 0 Å². The van der Waals surface area contributed by atoms with Crippen molar-refractivity contribution >= 4 is 17.8 Å². The Morgan fingerprint density at radius 2 is 1.50 bits per heavy atom. The molecule has 0 saturated carbocycles. The lowest BCUT2D eigenvalue weighted by Gasteiger charge is -2.33. The van der Waals surface area contributed by atoms with E-state index in [0.29, 0.717) is 0 Å². The van der Waals surface area contributed by atoms with Gasteiger partial charge < -0.3 is 5.11 Å². The van der Waals surface area contributed by atoms with Gasteiger partial charge in [-0.05, 0) is 31.5 Å². The van der Waals surface area contributed by atoms with Gasteiger partial charge in [0.25, 0.3) is 11.8 Å². The molecule has 1 N–H and O–H groups in total. The molecule has 5 heteroatoms. The van der Waals surface area contributed by atoms with Gasteiger partial charge in [0.05, 0.1) is 11.1 Å². The zero-order valence-electron chi connectivity index (χ0n) is 13.4. The molecule has 0 spiro atoms. The molecule has 0 fully saturated rings. The minimum Gasteiger partial charge on any atom is -0.479 e. The zero-order valence-corrected chi connectivity index (χ0v) is 13.4. The predicted molar refractivity (Wildman–Crippen MR) is 87.9 cm³/mol. The zero-order chi connectivity index (χ0) is 17.5. The van der Waals surface area contributed by atoms with Gasteiger partial charge in [0.2, 0.25) is 0 Å². The van der Waals surface area contributed by atoms with E-state index in [2.05, 4.69) is 0 Å². The first-order valence-corrected chi connectivity index (χ1v) is 7.61. The molecule has 1 aliphatic heterocycles. The lowest BCUT2D eigenvalue weighted by atomic mass is 9.90. The third-order valence-corrected chi connectivity index (χ3v) is 4.42. The summed E-state index contributed by atoms with van der Waals surface area (Å²) in [6, 6.07) is 13.8. The Balaban J connectivity index is 2.03. The first-order valence-electron chi connectivity index (χ1n) is 7.61. The van der Waals surface area contributed by atoms with E-state index < -0.39 is 23.3 Å². The van der Waals surface area contributed by atoms with E-state index in [1.54, 1.807) is 24.3 Å². The lowest BCUT2D eigenvalue weighted by molar-refractivity contribution is -0.147. The van der Waals surface area contributed by atoms with Crippen molar-refractivity contribution in [3.8, 4) is 0 Å². The molecule has 5 nitrogen and oxygen atoms in total. The summed E-state index contributed by atoms with van der Waals surface area (Å²) in [5, 5.41) is 9.78. The molecule has 0 aliphatic carbocycles. The molecule has 2 aromatic carbocycles. The first-order chi connectivity index (χ1) is 11.3. The quantitative estimate of drug-likeness (QED) is 0.878. The summed E-state index contributed by atoms with van der Waals surface area (Å²) in [7, 11) is 0. The molecule has 0 aromatic heterocycles. The van der Waals surface area contributed by atoms with Gasteiger partial charge in [-0.1, -0.05) is 42.0 Å². The molecule has 1 aliphatic rings. The highest BCUT2D eigenvalue weighted by atomic mass is 16.4. The van der Waals surface area contributed by atoms with Crippen LogP contribution in [0, 0.1) is 6.92 Å². The Morgan fingerprint density at radius 1 is 1.00 bits per heavy atom. The SMILES string of the molecule is Cc1ccc(CC(C)(C(=O)O)N2C(=O)c3ccccc3C2=O)cc1. The second-order valence-electron chi connectivity index (χ2n) is 6.23. The van der Waals surface area contributed by atoms with Crippen molar-refractivity contribution < 1.29 is 19.5 Å². The summed E-state index contributed by atoms with van der Waals surface area (Å²) in [5.74, 6) is -2.34. The highest BCUT2D eigenvalue weighted by Gasteiger charge is 2.50. The molecule has 2 amide bonds. The van der Waals surface area contributed by atoms with Crippen LogP contribution in [0.5, 0.6) is 0 Å². The molecule has 0 bridgehead atoms. The van der Waals surface area contributed by atoms with Crippen molar-refractivity contribution in [1.29, 1.82) is 0 Å². The number of carbonyl (C=O) groups is 3. The van der Waals surface area contributed by atoms with Crippen LogP contribution in [-0.4, -0.2) is 33.3 Å². The second kappa shape index (κ2) is 5.60. The Bertz CT molecular complexity index is 806. The molecule has 3 rings (SSSR count). The number of carboxylic acid groups (broad SMARTS) is 1. The maximum atomic E-state index is 12.6. The standard InChI is InChI=1S/C19H17NO4/c1-12-7-9-13(10-8-12)11-19(2,18(23)24)20-16(21)14-5-3-4-6-15(14)17(20)22/h3-10H,11H2,1-2H3,(H,23,24). The number of benzene rings is 2. The van der Waals surface area contributed by atoms with Crippen molar-refractivity contribution in [3.63, 3.8) is 0 Å². The van der Waals surface area contributed by atoms with Gasteiger partial charge in [-0.3, -0.25) is 14.5 Å². The van der Waals surface area contributed by atoms with E-state index in [4.69, 9.17) is 0 Å². The Hall–Kier alpha value is -2.95. The number of aryl methyl sites for hydroxylation is 1. The van der Waals surface area contributed by atoms with Gasteiger partial charge in [0.1, 0.15) is 5.54 Å². The maximum Gasteiger partial charge on any atom is 0.330 e. The molecule has 0 saturated heterocycles. The van der Waals surface area contributed by atoms with Gasteiger partial charge in [0, 0.05) is 6.42 Å². The number of hydrogen-bond acceptors (Lipinski definition) is 3. The number of aliphatic carboxylic acids is 1. The third-order valence-electron chi connectivity index (χ3n) is 4.42. The number of amides is 2. The molecule has 2 aromatic rings. The first kappa shape index (κ1) is 15.9. The molecular weight excluding hydrogens is 306 g/mol. The van der Waals surface area contributed by atoms with Crippen LogP contribution in [0.4, 0.5) is 0 Å². The van der Waals surface area contributed by atoms with Crippen molar-refractivity contribution in [2.45, 2.75) is 25.8 Å². The van der Waals surface area contributed by atoms with Gasteiger partial charge in [0.15, 0.2) is 0 Å². The maximum absolute atomic E-state index is 12.6. The Labute approximate surface area is 139 Å². The normalized spacial score (nSPS) is 16.0. The van der Waals surface area contributed by atoms with Crippen molar-refractivity contribution in [2.75, 3.05) is 0 Å². The average molecular weight is 323 g/mol. The monoisotopic (exact) mass is 323 g/mol. The van der Waals surface area contributed by atoms with Gasteiger partial charge in [-0.2, -0.15) is 0 Å². The number of rotatable bonds is 4. The highest BCUT2D eigenvalue weighted by molar-refractivity contribution is 6.23. The third kappa shape index (κ3) is 2.38. The smallest absolute Gasteiger partial charge is 0.330 e. The van der Waals surface area contributed by atoms with Crippen LogP contribution >= 0.6 is 0 Å². The highest BCUT2D eigenvalue weighted by Crippen LogP contribution is 2.32. The van der Waals surface area contributed by atoms with Crippen LogP contribution in [0.15, 0.2) is 48.5 Å². The minimum atomic E-state index is -1.65.